The molecule has 104 valence electrons. The minimum Gasteiger partial charge on any atom is -0.366 e. The molecule has 2 fully saturated rings. The third-order valence-corrected chi connectivity index (χ3v) is 4.81. The Kier molecular flexibility index (Phi) is 3.48. The minimum absolute atomic E-state index is 0.110. The van der Waals surface area contributed by atoms with Crippen LogP contribution in [-0.2, 0) is 0 Å². The van der Waals surface area contributed by atoms with E-state index < -0.39 is 0 Å². The van der Waals surface area contributed by atoms with E-state index in [1.165, 1.54) is 32.1 Å². The van der Waals surface area contributed by atoms with E-state index in [2.05, 4.69) is 4.90 Å². The van der Waals surface area contributed by atoms with Gasteiger partial charge in [-0.05, 0) is 43.7 Å². The van der Waals surface area contributed by atoms with E-state index >= 15 is 0 Å². The third-order valence-electron chi connectivity index (χ3n) is 4.81. The minimum atomic E-state index is -0.117. The zero-order valence-corrected chi connectivity index (χ0v) is 11.6. The van der Waals surface area contributed by atoms with E-state index in [4.69, 9.17) is 5.73 Å². The van der Waals surface area contributed by atoms with Crippen molar-refractivity contribution >= 4 is 5.69 Å². The zero-order chi connectivity index (χ0) is 13.4. The average Bonchev–Trinajstić information content (AvgIpc) is 2.82. The molecule has 2 nitrogen and oxygen atoms in total. The number of para-hydroxylation sites is 1. The SMILES string of the molecule is C[C@@H](N)c1cccc(F)c1N1CCC2CCCCC21. The standard InChI is InChI=1S/C16H23FN2/c1-11(18)13-6-4-7-14(17)16(13)19-10-9-12-5-2-3-8-15(12)19/h4,6-7,11-12,15H,2-3,5,8-10,18H2,1H3/t11-,12?,15?/m1/s1. The number of rotatable bonds is 2. The first-order valence-corrected chi connectivity index (χ1v) is 7.49. The van der Waals surface area contributed by atoms with Crippen molar-refractivity contribution in [1.82, 2.24) is 0 Å². The van der Waals surface area contributed by atoms with Gasteiger partial charge in [-0.2, -0.15) is 0 Å². The predicted molar refractivity (Wildman–Crippen MR) is 76.7 cm³/mol. The molecular weight excluding hydrogens is 239 g/mol. The molecule has 1 aromatic carbocycles. The fraction of sp³-hybridized carbons (Fsp3) is 0.625. The summed E-state index contributed by atoms with van der Waals surface area (Å²) in [5, 5.41) is 0. The highest BCUT2D eigenvalue weighted by Crippen LogP contribution is 2.41. The highest BCUT2D eigenvalue weighted by Gasteiger charge is 2.37. The van der Waals surface area contributed by atoms with Gasteiger partial charge in [0.25, 0.3) is 0 Å². The molecule has 1 aliphatic heterocycles. The predicted octanol–water partition coefficient (Wildman–Crippen LogP) is 3.61. The lowest BCUT2D eigenvalue weighted by molar-refractivity contribution is 0.341. The molecule has 2 unspecified atom stereocenters. The summed E-state index contributed by atoms with van der Waals surface area (Å²) < 4.78 is 14.3. The van der Waals surface area contributed by atoms with Gasteiger partial charge in [-0.25, -0.2) is 4.39 Å². The fourth-order valence-corrected chi connectivity index (χ4v) is 3.89. The van der Waals surface area contributed by atoms with Crippen molar-refractivity contribution in [3.63, 3.8) is 0 Å². The van der Waals surface area contributed by atoms with Crippen LogP contribution in [0.3, 0.4) is 0 Å². The van der Waals surface area contributed by atoms with Gasteiger partial charge in [0.2, 0.25) is 0 Å². The van der Waals surface area contributed by atoms with Crippen LogP contribution in [-0.4, -0.2) is 12.6 Å². The molecule has 0 amide bonds. The molecule has 19 heavy (non-hydrogen) atoms. The molecule has 0 bridgehead atoms. The van der Waals surface area contributed by atoms with Gasteiger partial charge in [0.05, 0.1) is 5.69 Å². The van der Waals surface area contributed by atoms with Crippen molar-refractivity contribution in [2.24, 2.45) is 11.7 Å². The highest BCUT2D eigenvalue weighted by molar-refractivity contribution is 5.57. The molecule has 3 rings (SSSR count). The molecule has 2 N–H and O–H groups in total. The number of anilines is 1. The van der Waals surface area contributed by atoms with Gasteiger partial charge in [0.15, 0.2) is 0 Å². The second kappa shape index (κ2) is 5.12. The summed E-state index contributed by atoms with van der Waals surface area (Å²) in [6.45, 7) is 2.92. The van der Waals surface area contributed by atoms with Crippen molar-refractivity contribution in [2.45, 2.75) is 51.1 Å². The first-order chi connectivity index (χ1) is 9.18. The number of halogens is 1. The molecule has 1 heterocycles. The summed E-state index contributed by atoms with van der Waals surface area (Å²) in [5.41, 5.74) is 7.75. The summed E-state index contributed by atoms with van der Waals surface area (Å²) in [4.78, 5) is 2.30. The Labute approximate surface area is 114 Å². The summed E-state index contributed by atoms with van der Waals surface area (Å²) in [7, 11) is 0. The van der Waals surface area contributed by atoms with Crippen molar-refractivity contribution in [3.8, 4) is 0 Å². The summed E-state index contributed by atoms with van der Waals surface area (Å²) in [6, 6.07) is 5.72. The summed E-state index contributed by atoms with van der Waals surface area (Å²) in [5.74, 6) is 0.648. The van der Waals surface area contributed by atoms with Gasteiger partial charge in [-0.3, -0.25) is 0 Å². The maximum absolute atomic E-state index is 14.3. The van der Waals surface area contributed by atoms with Crippen LogP contribution in [0.15, 0.2) is 18.2 Å². The number of benzene rings is 1. The number of nitrogens with two attached hydrogens (primary N) is 1. The lowest BCUT2D eigenvalue weighted by Gasteiger charge is -2.35. The average molecular weight is 262 g/mol. The Bertz CT molecular complexity index is 458. The van der Waals surface area contributed by atoms with Crippen molar-refractivity contribution in [1.29, 1.82) is 0 Å². The second-order valence-corrected chi connectivity index (χ2v) is 6.06. The van der Waals surface area contributed by atoms with Crippen LogP contribution in [0.4, 0.5) is 10.1 Å². The normalized spacial score (nSPS) is 28.3. The van der Waals surface area contributed by atoms with Crippen LogP contribution >= 0.6 is 0 Å². The van der Waals surface area contributed by atoms with Crippen LogP contribution in [0.5, 0.6) is 0 Å². The molecule has 1 aliphatic carbocycles. The van der Waals surface area contributed by atoms with Gasteiger partial charge < -0.3 is 10.6 Å². The molecular formula is C16H23FN2. The topological polar surface area (TPSA) is 29.3 Å². The van der Waals surface area contributed by atoms with Gasteiger partial charge in [-0.1, -0.05) is 25.0 Å². The molecule has 1 saturated carbocycles. The van der Waals surface area contributed by atoms with Crippen LogP contribution in [0.25, 0.3) is 0 Å². The first kappa shape index (κ1) is 12.9. The molecule has 1 saturated heterocycles. The number of hydrogen-bond donors (Lipinski definition) is 1. The van der Waals surface area contributed by atoms with E-state index in [1.54, 1.807) is 12.1 Å². The number of nitrogens with zero attached hydrogens (tertiary/aromatic N) is 1. The van der Waals surface area contributed by atoms with Crippen molar-refractivity contribution in [3.05, 3.63) is 29.6 Å². The quantitative estimate of drug-likeness (QED) is 0.882. The van der Waals surface area contributed by atoms with Crippen LogP contribution in [0.2, 0.25) is 0 Å². The summed E-state index contributed by atoms with van der Waals surface area (Å²) in [6.07, 6.45) is 6.34. The van der Waals surface area contributed by atoms with E-state index in [0.29, 0.717) is 6.04 Å². The van der Waals surface area contributed by atoms with Gasteiger partial charge in [-0.15, -0.1) is 0 Å². The largest absolute Gasteiger partial charge is 0.366 e. The van der Waals surface area contributed by atoms with Gasteiger partial charge in [0, 0.05) is 18.6 Å². The molecule has 0 spiro atoms. The second-order valence-electron chi connectivity index (χ2n) is 6.06. The first-order valence-electron chi connectivity index (χ1n) is 7.49. The summed E-state index contributed by atoms with van der Waals surface area (Å²) >= 11 is 0. The highest BCUT2D eigenvalue weighted by atomic mass is 19.1. The maximum Gasteiger partial charge on any atom is 0.146 e. The Morgan fingerprint density at radius 1 is 1.26 bits per heavy atom. The molecule has 2 aliphatic rings. The lowest BCUT2D eigenvalue weighted by Crippen LogP contribution is -2.36. The zero-order valence-electron chi connectivity index (χ0n) is 11.6. The number of fused-ring (bicyclic) bond motifs is 1. The smallest absolute Gasteiger partial charge is 0.146 e. The van der Waals surface area contributed by atoms with Crippen LogP contribution in [0.1, 0.15) is 50.6 Å². The van der Waals surface area contributed by atoms with E-state index in [-0.39, 0.29) is 11.9 Å². The van der Waals surface area contributed by atoms with E-state index in [9.17, 15) is 4.39 Å². The van der Waals surface area contributed by atoms with E-state index in [0.717, 1.165) is 23.7 Å². The Balaban J connectivity index is 1.97. The Morgan fingerprint density at radius 2 is 2.05 bits per heavy atom. The third kappa shape index (κ3) is 2.25. The number of hydrogen-bond acceptors (Lipinski definition) is 2. The van der Waals surface area contributed by atoms with Crippen molar-refractivity contribution in [2.75, 3.05) is 11.4 Å². The van der Waals surface area contributed by atoms with Gasteiger partial charge >= 0.3 is 0 Å². The maximum atomic E-state index is 14.3. The van der Waals surface area contributed by atoms with E-state index in [1.807, 2.05) is 13.0 Å². The molecule has 0 aromatic heterocycles. The van der Waals surface area contributed by atoms with Crippen molar-refractivity contribution < 1.29 is 4.39 Å². The molecule has 3 heteroatoms. The van der Waals surface area contributed by atoms with Crippen LogP contribution < -0.4 is 10.6 Å². The van der Waals surface area contributed by atoms with Gasteiger partial charge in [0.1, 0.15) is 5.82 Å². The Morgan fingerprint density at radius 3 is 2.84 bits per heavy atom. The Hall–Kier alpha value is -1.09. The monoisotopic (exact) mass is 262 g/mol. The lowest BCUT2D eigenvalue weighted by atomic mass is 9.85. The molecule has 1 aromatic rings. The molecule has 0 radical (unpaired) electrons. The molecule has 3 atom stereocenters. The van der Waals surface area contributed by atoms with Crippen LogP contribution in [0, 0.1) is 11.7 Å². The fourth-order valence-electron chi connectivity index (χ4n) is 3.89.